The molecule has 0 aliphatic rings. The van der Waals surface area contributed by atoms with E-state index in [1.807, 2.05) is 0 Å². The molecule has 0 spiro atoms. The second-order valence-electron chi connectivity index (χ2n) is 0.0583. The monoisotopic (exact) mass is 258 g/mol. The predicted molar refractivity (Wildman–Crippen MR) is 32.1 cm³/mol. The standard InChI is InChI=1S/Ba.Cl2O.H4Si.2H/c;1-3-2;;;/h;;1H4;;/q+2;;;2*-1. The minimum Gasteiger partial charge on any atom is -1.00 e. The summed E-state index contributed by atoms with van der Waals surface area (Å²) in [6.45, 7) is 0. The summed E-state index contributed by atoms with van der Waals surface area (Å²) < 4.78 is 3.19. The van der Waals surface area contributed by atoms with E-state index < -0.39 is 0 Å². The topological polar surface area (TPSA) is 9.23 Å². The molecule has 0 aromatic rings. The van der Waals surface area contributed by atoms with Crippen molar-refractivity contribution in [3.05, 3.63) is 0 Å². The van der Waals surface area contributed by atoms with Crippen LogP contribution < -0.4 is 0 Å². The Morgan fingerprint density at radius 3 is 1.40 bits per heavy atom. The van der Waals surface area contributed by atoms with E-state index in [-0.39, 0.29) is 62.7 Å². The summed E-state index contributed by atoms with van der Waals surface area (Å²) in [6.07, 6.45) is 0. The minimum absolute atomic E-state index is 0. The molecule has 0 bridgehead atoms. The van der Waals surface area contributed by atoms with E-state index in [1.54, 1.807) is 0 Å². The van der Waals surface area contributed by atoms with E-state index in [1.165, 1.54) is 0 Å². The van der Waals surface area contributed by atoms with Crippen molar-refractivity contribution in [1.82, 2.24) is 0 Å². The van der Waals surface area contributed by atoms with Crippen molar-refractivity contribution < 1.29 is 6.70 Å². The van der Waals surface area contributed by atoms with Crippen LogP contribution in [-0.2, 0) is 3.84 Å². The van der Waals surface area contributed by atoms with Crippen molar-refractivity contribution in [2.24, 2.45) is 0 Å². The molecule has 5 heavy (non-hydrogen) atoms. The Hall–Kier alpha value is 2.33. The van der Waals surface area contributed by atoms with Gasteiger partial charge in [0.2, 0.25) is 0 Å². The molecule has 0 aromatic heterocycles. The molecule has 0 aliphatic heterocycles. The summed E-state index contributed by atoms with van der Waals surface area (Å²) in [7, 11) is 0. The summed E-state index contributed by atoms with van der Waals surface area (Å²) in [5.74, 6) is 0. The summed E-state index contributed by atoms with van der Waals surface area (Å²) in [4.78, 5) is 0. The molecule has 5 heteroatoms. The van der Waals surface area contributed by atoms with Gasteiger partial charge in [-0.1, -0.05) is 0 Å². The van der Waals surface area contributed by atoms with Crippen LogP contribution in [0.5, 0.6) is 0 Å². The molecule has 0 saturated heterocycles. The van der Waals surface area contributed by atoms with Gasteiger partial charge in [-0.05, 0) is 11.0 Å². The van der Waals surface area contributed by atoms with Gasteiger partial charge in [0.05, 0.1) is 23.7 Å². The molecule has 0 amide bonds. The Morgan fingerprint density at radius 2 is 1.40 bits per heavy atom. The van der Waals surface area contributed by atoms with E-state index in [9.17, 15) is 0 Å². The Morgan fingerprint density at radius 1 is 1.40 bits per heavy atom. The molecule has 0 heterocycles. The van der Waals surface area contributed by atoms with Gasteiger partial charge in [-0.15, -0.1) is 0 Å². The van der Waals surface area contributed by atoms with Gasteiger partial charge in [-0.25, -0.2) is 0 Å². The Bertz CT molecular complexity index is 15.7. The van der Waals surface area contributed by atoms with E-state index >= 15 is 0 Å². The molecule has 1 nitrogen and oxygen atoms in total. The molecule has 0 aliphatic carbocycles. The first kappa shape index (κ1) is 15.7. The van der Waals surface area contributed by atoms with Gasteiger partial charge in [-0.2, -0.15) is 3.84 Å². The zero-order valence-electron chi connectivity index (χ0n) is 3.87. The molecular weight excluding hydrogens is 252 g/mol. The summed E-state index contributed by atoms with van der Waals surface area (Å²) in [5, 5.41) is 0. The van der Waals surface area contributed by atoms with Crippen molar-refractivity contribution >= 4 is 83.6 Å². The van der Waals surface area contributed by atoms with Crippen molar-refractivity contribution in [1.29, 1.82) is 0 Å². The third-order valence-electron chi connectivity index (χ3n) is 0. The molecule has 0 rings (SSSR count). The van der Waals surface area contributed by atoms with Crippen LogP contribution in [0.4, 0.5) is 0 Å². The Balaban J connectivity index is -0.00000000333. The zero-order chi connectivity index (χ0) is 2.71. The molecule has 0 fully saturated rings. The fourth-order valence-corrected chi connectivity index (χ4v) is 0. The normalized spacial score (nSPS) is 3.60. The van der Waals surface area contributed by atoms with Crippen LogP contribution in [0.25, 0.3) is 0 Å². The number of hydrogen-bond acceptors (Lipinski definition) is 1. The van der Waals surface area contributed by atoms with Crippen LogP contribution in [0, 0.1) is 0 Å². The number of halogens is 2. The van der Waals surface area contributed by atoms with Gasteiger partial charge in [0.1, 0.15) is 0 Å². The average Bonchev–Trinajstić information content (AvgIpc) is 0.918. The second kappa shape index (κ2) is 16.2. The fourth-order valence-electron chi connectivity index (χ4n) is 0. The number of hydrogen-bond donors (Lipinski definition) is 0. The smallest absolute Gasteiger partial charge is 1.00 e. The van der Waals surface area contributed by atoms with Crippen molar-refractivity contribution in [2.75, 3.05) is 0 Å². The van der Waals surface area contributed by atoms with Crippen LogP contribution in [0.1, 0.15) is 2.85 Å². The maximum absolute atomic E-state index is 4.26. The third kappa shape index (κ3) is 21.9. The van der Waals surface area contributed by atoms with Crippen molar-refractivity contribution in [3.8, 4) is 0 Å². The Labute approximate surface area is 88.8 Å². The first-order valence-electron chi connectivity index (χ1n) is 0.309. The molecule has 32 valence electrons. The molecule has 0 saturated carbocycles. The van der Waals surface area contributed by atoms with Gasteiger partial charge >= 0.3 is 48.9 Å². The fraction of sp³-hybridized carbons (Fsp3) is 0. The van der Waals surface area contributed by atoms with E-state index in [0.717, 1.165) is 0 Å². The summed E-state index contributed by atoms with van der Waals surface area (Å²) in [5.41, 5.74) is 0. The van der Waals surface area contributed by atoms with Crippen LogP contribution >= 0.6 is 23.7 Å². The summed E-state index contributed by atoms with van der Waals surface area (Å²) >= 11 is 8.53. The van der Waals surface area contributed by atoms with Gasteiger partial charge in [0, 0.05) is 0 Å². The number of rotatable bonds is 0. The maximum Gasteiger partial charge on any atom is 2.00 e. The van der Waals surface area contributed by atoms with Crippen LogP contribution in [-0.4, -0.2) is 59.8 Å². The molecule has 0 atom stereocenters. The Kier molecular flexibility index (Phi) is 50.8. The summed E-state index contributed by atoms with van der Waals surface area (Å²) in [6, 6.07) is 0. The maximum atomic E-state index is 4.26. The van der Waals surface area contributed by atoms with E-state index in [0.29, 0.717) is 0 Å². The third-order valence-corrected chi connectivity index (χ3v) is 0. The average molecular weight is 258 g/mol. The first-order valence-corrected chi connectivity index (χ1v) is 0.926. The quantitative estimate of drug-likeness (QED) is 0.542. The second-order valence-corrected chi connectivity index (χ2v) is 0.525. The van der Waals surface area contributed by atoms with Crippen molar-refractivity contribution in [3.63, 3.8) is 0 Å². The minimum atomic E-state index is 0. The van der Waals surface area contributed by atoms with Gasteiger partial charge in [-0.3, -0.25) is 0 Å². The van der Waals surface area contributed by atoms with E-state index in [2.05, 4.69) is 27.6 Å². The molecular formula is H6BaCl2OSi. The molecule has 0 N–H and O–H groups in total. The molecule has 0 aromatic carbocycles. The first-order chi connectivity index (χ1) is 1.41. The van der Waals surface area contributed by atoms with Gasteiger partial charge in [0.15, 0.2) is 0 Å². The molecule has 0 unspecified atom stereocenters. The largest absolute Gasteiger partial charge is 2.00 e. The van der Waals surface area contributed by atoms with Crippen LogP contribution in [0.15, 0.2) is 0 Å². The molecule has 0 radical (unpaired) electrons. The SMILES string of the molecule is ClOCl.[Ba+2].[H-].[H-].[SiH4]. The van der Waals surface area contributed by atoms with E-state index in [4.69, 9.17) is 0 Å². The van der Waals surface area contributed by atoms with Gasteiger partial charge in [0.25, 0.3) is 0 Å². The zero-order valence-corrected chi connectivity index (χ0v) is 7.82. The predicted octanol–water partition coefficient (Wildman–Crippen LogP) is -0.297. The van der Waals surface area contributed by atoms with Crippen molar-refractivity contribution in [2.45, 2.75) is 0 Å². The van der Waals surface area contributed by atoms with Gasteiger partial charge < -0.3 is 2.85 Å². The van der Waals surface area contributed by atoms with Crippen LogP contribution in [0.3, 0.4) is 0 Å². The van der Waals surface area contributed by atoms with Crippen LogP contribution in [0.2, 0.25) is 0 Å².